The predicted molar refractivity (Wildman–Crippen MR) is 123 cm³/mol. The maximum absolute atomic E-state index is 12.1. The normalized spacial score (nSPS) is 13.7. The zero-order chi connectivity index (χ0) is 20.8. The Kier molecular flexibility index (Phi) is 7.34. The van der Waals surface area contributed by atoms with Crippen LogP contribution in [0.25, 0.3) is 0 Å². The topological polar surface area (TPSA) is 53.6 Å². The van der Waals surface area contributed by atoms with Crippen LogP contribution in [-0.2, 0) is 4.79 Å². The number of benzene rings is 2. The molecule has 29 heavy (non-hydrogen) atoms. The van der Waals surface area contributed by atoms with Crippen molar-refractivity contribution in [3.63, 3.8) is 0 Å². The number of amides is 1. The van der Waals surface area contributed by atoms with E-state index in [1.54, 1.807) is 0 Å². The number of anilines is 2. The molecule has 154 valence electrons. The average Bonchev–Trinajstić information content (AvgIpc) is 2.70. The van der Waals surface area contributed by atoms with Gasteiger partial charge in [0.25, 0.3) is 5.91 Å². The van der Waals surface area contributed by atoms with E-state index in [9.17, 15) is 4.79 Å². The average molecular weight is 432 g/mol. The fraction of sp³-hybridized carbons (Fsp3) is 0.364. The zero-order valence-electron chi connectivity index (χ0n) is 16.8. The second-order valence-corrected chi connectivity index (χ2v) is 8.02. The lowest BCUT2D eigenvalue weighted by atomic mass is 10.1. The monoisotopic (exact) mass is 431 g/mol. The van der Waals surface area contributed by atoms with Gasteiger partial charge in [0.1, 0.15) is 5.75 Å². The fourth-order valence-corrected chi connectivity index (χ4v) is 3.86. The van der Waals surface area contributed by atoms with Crippen LogP contribution in [0.3, 0.4) is 0 Å². The van der Waals surface area contributed by atoms with Crippen molar-refractivity contribution in [1.82, 2.24) is 5.32 Å². The number of hydrogen-bond acceptors (Lipinski definition) is 4. The van der Waals surface area contributed by atoms with E-state index in [1.165, 1.54) is 19.3 Å². The zero-order valence-corrected chi connectivity index (χ0v) is 18.3. The van der Waals surface area contributed by atoms with Gasteiger partial charge in [-0.15, -0.1) is 0 Å². The van der Waals surface area contributed by atoms with Crippen LogP contribution in [-0.4, -0.2) is 30.7 Å². The molecule has 0 aromatic heterocycles. The molecule has 0 bridgehead atoms. The molecular formula is C22H26ClN3O2S. The quantitative estimate of drug-likeness (QED) is 0.663. The molecule has 1 aliphatic heterocycles. The first-order chi connectivity index (χ1) is 13.9. The van der Waals surface area contributed by atoms with Gasteiger partial charge >= 0.3 is 0 Å². The summed E-state index contributed by atoms with van der Waals surface area (Å²) in [6, 6.07) is 11.5. The number of halogens is 1. The van der Waals surface area contributed by atoms with Crippen LogP contribution in [0, 0.1) is 13.8 Å². The Morgan fingerprint density at radius 2 is 1.93 bits per heavy atom. The van der Waals surface area contributed by atoms with Crippen molar-refractivity contribution >= 4 is 46.2 Å². The Bertz CT molecular complexity index is 898. The summed E-state index contributed by atoms with van der Waals surface area (Å²) in [7, 11) is 0. The van der Waals surface area contributed by atoms with Crippen molar-refractivity contribution in [1.29, 1.82) is 0 Å². The summed E-state index contributed by atoms with van der Waals surface area (Å²) in [4.78, 5) is 14.5. The van der Waals surface area contributed by atoms with E-state index >= 15 is 0 Å². The molecule has 0 atom stereocenters. The van der Waals surface area contributed by atoms with Gasteiger partial charge in [-0.2, -0.15) is 0 Å². The minimum Gasteiger partial charge on any atom is -0.483 e. The van der Waals surface area contributed by atoms with Gasteiger partial charge in [-0.05, 0) is 80.7 Å². The number of ether oxygens (including phenoxy) is 1. The third-order valence-electron chi connectivity index (χ3n) is 5.07. The molecule has 5 nitrogen and oxygen atoms in total. The molecule has 2 aromatic carbocycles. The number of nitrogens with one attached hydrogen (secondary N) is 2. The van der Waals surface area contributed by atoms with Crippen molar-refractivity contribution in [2.45, 2.75) is 33.1 Å². The first-order valence-electron chi connectivity index (χ1n) is 9.78. The van der Waals surface area contributed by atoms with Crippen LogP contribution in [0.2, 0.25) is 5.02 Å². The van der Waals surface area contributed by atoms with Gasteiger partial charge in [0.05, 0.1) is 10.7 Å². The summed E-state index contributed by atoms with van der Waals surface area (Å²) in [5, 5.41) is 6.52. The molecule has 0 aliphatic carbocycles. The summed E-state index contributed by atoms with van der Waals surface area (Å²) >= 11 is 11.7. The number of aryl methyl sites for hydroxylation is 1. The highest BCUT2D eigenvalue weighted by molar-refractivity contribution is 7.80. The van der Waals surface area contributed by atoms with Gasteiger partial charge in [-0.1, -0.05) is 23.7 Å². The third kappa shape index (κ3) is 5.84. The number of carbonyl (C=O) groups excluding carboxylic acids is 1. The second kappa shape index (κ2) is 9.94. The Morgan fingerprint density at radius 3 is 2.66 bits per heavy atom. The van der Waals surface area contributed by atoms with Gasteiger partial charge in [-0.3, -0.25) is 10.1 Å². The largest absolute Gasteiger partial charge is 0.483 e. The van der Waals surface area contributed by atoms with Crippen LogP contribution < -0.4 is 20.3 Å². The number of hydrogen-bond donors (Lipinski definition) is 2. The molecule has 1 fully saturated rings. The lowest BCUT2D eigenvalue weighted by Gasteiger charge is -2.29. The summed E-state index contributed by atoms with van der Waals surface area (Å²) in [6.07, 6.45) is 3.65. The van der Waals surface area contributed by atoms with Gasteiger partial charge in [0, 0.05) is 18.8 Å². The molecule has 1 aliphatic rings. The lowest BCUT2D eigenvalue weighted by Crippen LogP contribution is -2.37. The second-order valence-electron chi connectivity index (χ2n) is 7.20. The molecule has 0 spiro atoms. The van der Waals surface area contributed by atoms with Crippen LogP contribution in [0.4, 0.5) is 11.4 Å². The minimum absolute atomic E-state index is 0.110. The van der Waals surface area contributed by atoms with Crippen molar-refractivity contribution in [2.24, 2.45) is 0 Å². The highest BCUT2D eigenvalue weighted by atomic mass is 35.5. The predicted octanol–water partition coefficient (Wildman–Crippen LogP) is 4.84. The van der Waals surface area contributed by atoms with Gasteiger partial charge in [-0.25, -0.2) is 0 Å². The summed E-state index contributed by atoms with van der Waals surface area (Å²) in [5.74, 6) is 0.374. The molecule has 0 unspecified atom stereocenters. The molecule has 0 saturated carbocycles. The van der Waals surface area contributed by atoms with Crippen LogP contribution in [0.1, 0.15) is 30.4 Å². The van der Waals surface area contributed by atoms with Crippen molar-refractivity contribution in [3.05, 3.63) is 52.5 Å². The van der Waals surface area contributed by atoms with E-state index in [4.69, 9.17) is 28.6 Å². The van der Waals surface area contributed by atoms with Crippen LogP contribution in [0.15, 0.2) is 36.4 Å². The number of rotatable bonds is 5. The Morgan fingerprint density at radius 1 is 1.17 bits per heavy atom. The number of thiocarbonyl (C=S) groups is 1. The molecule has 1 heterocycles. The molecule has 2 N–H and O–H groups in total. The Balaban J connectivity index is 1.51. The maximum Gasteiger partial charge on any atom is 0.264 e. The first kappa shape index (κ1) is 21.4. The molecule has 0 radical (unpaired) electrons. The molecule has 7 heteroatoms. The van der Waals surface area contributed by atoms with Crippen molar-refractivity contribution in [3.8, 4) is 5.75 Å². The van der Waals surface area contributed by atoms with E-state index in [0.717, 1.165) is 35.6 Å². The van der Waals surface area contributed by atoms with E-state index in [-0.39, 0.29) is 17.6 Å². The van der Waals surface area contributed by atoms with Crippen molar-refractivity contribution in [2.75, 3.05) is 29.9 Å². The van der Waals surface area contributed by atoms with Gasteiger partial charge < -0.3 is 15.0 Å². The Labute approximate surface area is 182 Å². The van der Waals surface area contributed by atoms with Crippen LogP contribution in [0.5, 0.6) is 5.75 Å². The number of nitrogens with zero attached hydrogens (tertiary/aromatic N) is 1. The van der Waals surface area contributed by atoms with E-state index in [1.807, 2.05) is 50.2 Å². The molecule has 1 saturated heterocycles. The van der Waals surface area contributed by atoms with Gasteiger partial charge in [0.2, 0.25) is 0 Å². The van der Waals surface area contributed by atoms with Crippen molar-refractivity contribution < 1.29 is 9.53 Å². The lowest BCUT2D eigenvalue weighted by molar-refractivity contribution is -0.121. The fourth-order valence-electron chi connectivity index (χ4n) is 3.32. The molecule has 2 aromatic rings. The summed E-state index contributed by atoms with van der Waals surface area (Å²) in [6.45, 7) is 5.92. The minimum atomic E-state index is -0.320. The van der Waals surface area contributed by atoms with Crippen LogP contribution >= 0.6 is 23.8 Å². The highest BCUT2D eigenvalue weighted by Crippen LogP contribution is 2.30. The molecule has 3 rings (SSSR count). The third-order valence-corrected chi connectivity index (χ3v) is 5.58. The number of piperidine rings is 1. The SMILES string of the molecule is Cc1cccc(OCC(=O)NC(=S)Nc2ccc(N3CCCCC3)c(Cl)c2)c1C. The smallest absolute Gasteiger partial charge is 0.264 e. The molecule has 1 amide bonds. The summed E-state index contributed by atoms with van der Waals surface area (Å²) < 4.78 is 5.61. The highest BCUT2D eigenvalue weighted by Gasteiger charge is 2.14. The molecular weight excluding hydrogens is 406 g/mol. The standard InChI is InChI=1S/C22H26ClN3O2S/c1-15-7-6-8-20(16(15)2)28-14-21(27)25-22(29)24-17-9-10-19(18(23)13-17)26-11-4-3-5-12-26/h6-10,13H,3-5,11-12,14H2,1-2H3,(H2,24,25,27,29). The van der Waals surface area contributed by atoms with E-state index < -0.39 is 0 Å². The summed E-state index contributed by atoms with van der Waals surface area (Å²) in [5.41, 5.74) is 3.90. The van der Waals surface area contributed by atoms with E-state index in [0.29, 0.717) is 10.8 Å². The maximum atomic E-state index is 12.1. The Hall–Kier alpha value is -2.31. The number of carbonyl (C=O) groups is 1. The first-order valence-corrected chi connectivity index (χ1v) is 10.6. The van der Waals surface area contributed by atoms with Gasteiger partial charge in [0.15, 0.2) is 11.7 Å². The van der Waals surface area contributed by atoms with E-state index in [2.05, 4.69) is 15.5 Å².